The van der Waals surface area contributed by atoms with Crippen molar-refractivity contribution in [1.82, 2.24) is 10.6 Å². The number of carboxylic acid groups (broad SMARTS) is 1. The third-order valence-electron chi connectivity index (χ3n) is 2.23. The van der Waals surface area contributed by atoms with Gasteiger partial charge in [-0.25, -0.2) is 9.59 Å². The number of amides is 2. The van der Waals surface area contributed by atoms with E-state index in [-0.39, 0.29) is 19.6 Å². The summed E-state index contributed by atoms with van der Waals surface area (Å²) in [7, 11) is 0. The zero-order chi connectivity index (χ0) is 14.2. The highest BCUT2D eigenvalue weighted by Gasteiger charge is 2.22. The Morgan fingerprint density at radius 3 is 2.44 bits per heavy atom. The molecule has 0 spiro atoms. The Morgan fingerprint density at radius 1 is 1.39 bits per heavy atom. The lowest BCUT2D eigenvalue weighted by Crippen LogP contribution is -2.50. The molecule has 0 unspecified atom stereocenters. The van der Waals surface area contributed by atoms with E-state index in [2.05, 4.69) is 10.6 Å². The van der Waals surface area contributed by atoms with E-state index in [0.717, 1.165) is 0 Å². The second-order valence-corrected chi connectivity index (χ2v) is 4.42. The first kappa shape index (κ1) is 16.7. The fourth-order valence-electron chi connectivity index (χ4n) is 1.33. The van der Waals surface area contributed by atoms with Gasteiger partial charge in [0.15, 0.2) is 0 Å². The molecule has 2 amide bonds. The molecule has 0 fully saturated rings. The van der Waals surface area contributed by atoms with E-state index < -0.39 is 23.6 Å². The van der Waals surface area contributed by atoms with Crippen molar-refractivity contribution in [2.75, 3.05) is 19.8 Å². The van der Waals surface area contributed by atoms with Crippen LogP contribution >= 0.6 is 0 Å². The van der Waals surface area contributed by atoms with Crippen LogP contribution in [0.3, 0.4) is 0 Å². The molecule has 1 atom stereocenters. The first-order chi connectivity index (χ1) is 8.32. The van der Waals surface area contributed by atoms with Gasteiger partial charge in [-0.1, -0.05) is 0 Å². The summed E-state index contributed by atoms with van der Waals surface area (Å²) >= 11 is 0. The number of rotatable bonds is 8. The summed E-state index contributed by atoms with van der Waals surface area (Å²) in [6.07, 6.45) is -0.0302. The van der Waals surface area contributed by atoms with E-state index >= 15 is 0 Å². The largest absolute Gasteiger partial charge is 0.480 e. The van der Waals surface area contributed by atoms with Crippen LogP contribution in [0.15, 0.2) is 0 Å². The van der Waals surface area contributed by atoms with Gasteiger partial charge < -0.3 is 25.6 Å². The summed E-state index contributed by atoms with van der Waals surface area (Å²) in [4.78, 5) is 22.2. The molecule has 0 heterocycles. The highest BCUT2D eigenvalue weighted by atomic mass is 16.5. The molecule has 0 aliphatic rings. The molecular weight excluding hydrogens is 240 g/mol. The third kappa shape index (κ3) is 7.08. The van der Waals surface area contributed by atoms with Gasteiger partial charge in [0.25, 0.3) is 0 Å². The van der Waals surface area contributed by atoms with Crippen LogP contribution in [0.1, 0.15) is 27.2 Å². The fourth-order valence-corrected chi connectivity index (χ4v) is 1.33. The third-order valence-corrected chi connectivity index (χ3v) is 2.23. The molecule has 0 radical (unpaired) electrons. The van der Waals surface area contributed by atoms with Crippen molar-refractivity contribution >= 4 is 12.0 Å². The Morgan fingerprint density at radius 2 is 2.00 bits per heavy atom. The summed E-state index contributed by atoms with van der Waals surface area (Å²) in [5.74, 6) is -1.18. The summed E-state index contributed by atoms with van der Waals surface area (Å²) in [6, 6.07) is -1.69. The van der Waals surface area contributed by atoms with Gasteiger partial charge in [-0.3, -0.25) is 0 Å². The smallest absolute Gasteiger partial charge is 0.326 e. The molecule has 7 nitrogen and oxygen atoms in total. The lowest BCUT2D eigenvalue weighted by molar-refractivity contribution is -0.139. The summed E-state index contributed by atoms with van der Waals surface area (Å²) in [5, 5.41) is 22.3. The molecular formula is C11H22N2O5. The zero-order valence-corrected chi connectivity index (χ0v) is 11.0. The maximum absolute atomic E-state index is 11.5. The first-order valence-corrected chi connectivity index (χ1v) is 5.84. The van der Waals surface area contributed by atoms with Gasteiger partial charge in [-0.15, -0.1) is 0 Å². The minimum absolute atomic E-state index is 0.0302. The average molecular weight is 262 g/mol. The minimum Gasteiger partial charge on any atom is -0.480 e. The zero-order valence-electron chi connectivity index (χ0n) is 11.0. The van der Waals surface area contributed by atoms with Crippen molar-refractivity contribution in [3.05, 3.63) is 0 Å². The molecule has 0 aromatic rings. The van der Waals surface area contributed by atoms with E-state index in [0.29, 0.717) is 6.61 Å². The molecule has 106 valence electrons. The van der Waals surface area contributed by atoms with Crippen molar-refractivity contribution in [2.24, 2.45) is 0 Å². The summed E-state index contributed by atoms with van der Waals surface area (Å²) in [6.45, 7) is 5.97. The Hall–Kier alpha value is -1.34. The van der Waals surface area contributed by atoms with Crippen molar-refractivity contribution in [2.45, 2.75) is 38.8 Å². The maximum atomic E-state index is 11.5. The van der Waals surface area contributed by atoms with E-state index in [1.54, 1.807) is 0 Å². The fraction of sp³-hybridized carbons (Fsp3) is 0.818. The number of ether oxygens (including phenoxy) is 1. The molecule has 0 aromatic carbocycles. The van der Waals surface area contributed by atoms with Crippen molar-refractivity contribution < 1.29 is 24.5 Å². The normalized spacial score (nSPS) is 12.9. The Bertz CT molecular complexity index is 281. The van der Waals surface area contributed by atoms with E-state index in [1.807, 2.05) is 20.8 Å². The number of hydrogen-bond donors (Lipinski definition) is 4. The Balaban J connectivity index is 4.13. The van der Waals surface area contributed by atoms with Crippen LogP contribution in [0.25, 0.3) is 0 Å². The quantitative estimate of drug-likeness (QED) is 0.490. The van der Waals surface area contributed by atoms with Crippen LogP contribution < -0.4 is 10.6 Å². The van der Waals surface area contributed by atoms with Crippen LogP contribution in [-0.4, -0.2) is 53.6 Å². The van der Waals surface area contributed by atoms with Crippen molar-refractivity contribution in [1.29, 1.82) is 0 Å². The second kappa shape index (κ2) is 7.88. The van der Waals surface area contributed by atoms with Gasteiger partial charge in [-0.2, -0.15) is 0 Å². The highest BCUT2D eigenvalue weighted by molar-refractivity contribution is 5.82. The molecule has 0 saturated carbocycles. The molecule has 0 bridgehead atoms. The number of hydrogen-bond acceptors (Lipinski definition) is 4. The Labute approximate surface area is 107 Å². The van der Waals surface area contributed by atoms with Crippen LogP contribution in [0.4, 0.5) is 4.79 Å². The number of aliphatic hydroxyl groups is 1. The lowest BCUT2D eigenvalue weighted by atomic mass is 10.1. The number of aliphatic carboxylic acids is 1. The molecule has 0 saturated heterocycles. The van der Waals surface area contributed by atoms with Crippen molar-refractivity contribution in [3.8, 4) is 0 Å². The van der Waals surface area contributed by atoms with E-state index in [1.165, 1.54) is 0 Å². The van der Waals surface area contributed by atoms with Gasteiger partial charge >= 0.3 is 12.0 Å². The van der Waals surface area contributed by atoms with Crippen LogP contribution in [0.5, 0.6) is 0 Å². The topological polar surface area (TPSA) is 108 Å². The minimum atomic E-state index is -1.18. The van der Waals surface area contributed by atoms with Gasteiger partial charge in [0.05, 0.1) is 5.60 Å². The molecule has 0 aliphatic heterocycles. The van der Waals surface area contributed by atoms with Gasteiger partial charge in [-0.05, 0) is 20.8 Å². The Kier molecular flexibility index (Phi) is 7.30. The lowest BCUT2D eigenvalue weighted by Gasteiger charge is -2.25. The standard InChI is InChI=1S/C11H22N2O5/c1-4-18-11(2,3)7-12-10(17)13-8(5-6-14)9(15)16/h8,14H,4-7H2,1-3H3,(H,15,16)(H2,12,13,17)/t8-/m1/s1. The van der Waals surface area contributed by atoms with Crippen LogP contribution in [0, 0.1) is 0 Å². The molecule has 0 rings (SSSR count). The molecule has 4 N–H and O–H groups in total. The number of carbonyl (C=O) groups excluding carboxylic acids is 1. The van der Waals surface area contributed by atoms with E-state index in [4.69, 9.17) is 14.9 Å². The SMILES string of the molecule is CCOC(C)(C)CNC(=O)N[C@H](CCO)C(=O)O. The first-order valence-electron chi connectivity index (χ1n) is 5.84. The molecule has 18 heavy (non-hydrogen) atoms. The monoisotopic (exact) mass is 262 g/mol. The highest BCUT2D eigenvalue weighted by Crippen LogP contribution is 2.06. The predicted octanol–water partition coefficient (Wildman–Crippen LogP) is -0.0637. The summed E-state index contributed by atoms with van der Waals surface area (Å²) < 4.78 is 5.38. The number of urea groups is 1. The predicted molar refractivity (Wildman–Crippen MR) is 65.4 cm³/mol. The van der Waals surface area contributed by atoms with Gasteiger partial charge in [0.2, 0.25) is 0 Å². The van der Waals surface area contributed by atoms with Crippen molar-refractivity contribution in [3.63, 3.8) is 0 Å². The second-order valence-electron chi connectivity index (χ2n) is 4.42. The summed E-state index contributed by atoms with van der Waals surface area (Å²) in [5.41, 5.74) is -0.512. The number of carbonyl (C=O) groups is 2. The van der Waals surface area contributed by atoms with Crippen LogP contribution in [-0.2, 0) is 9.53 Å². The van der Waals surface area contributed by atoms with E-state index in [9.17, 15) is 9.59 Å². The number of carboxylic acids is 1. The average Bonchev–Trinajstić information content (AvgIpc) is 2.26. The number of nitrogens with one attached hydrogen (secondary N) is 2. The number of aliphatic hydroxyl groups excluding tert-OH is 1. The maximum Gasteiger partial charge on any atom is 0.326 e. The van der Waals surface area contributed by atoms with Gasteiger partial charge in [0.1, 0.15) is 6.04 Å². The van der Waals surface area contributed by atoms with Crippen LogP contribution in [0.2, 0.25) is 0 Å². The molecule has 7 heteroatoms. The molecule has 0 aliphatic carbocycles. The van der Waals surface area contributed by atoms with Gasteiger partial charge in [0, 0.05) is 26.2 Å². The molecule has 0 aromatic heterocycles.